The highest BCUT2D eigenvalue weighted by atomic mass is 32.1. The molecule has 3 nitrogen and oxygen atoms in total. The maximum absolute atomic E-state index is 12.8. The van der Waals surface area contributed by atoms with Crippen LogP contribution in [0.5, 0.6) is 0 Å². The smallest absolute Gasteiger partial charge is 0.263 e. The van der Waals surface area contributed by atoms with Crippen LogP contribution in [-0.2, 0) is 0 Å². The lowest BCUT2D eigenvalue weighted by Crippen LogP contribution is -2.22. The van der Waals surface area contributed by atoms with Crippen LogP contribution < -0.4 is 5.32 Å². The minimum atomic E-state index is -0.282. The summed E-state index contributed by atoms with van der Waals surface area (Å²) >= 11 is 1.32. The van der Waals surface area contributed by atoms with Crippen LogP contribution in [0.15, 0.2) is 24.3 Å². The van der Waals surface area contributed by atoms with Crippen molar-refractivity contribution in [2.45, 2.75) is 13.8 Å². The van der Waals surface area contributed by atoms with Crippen LogP contribution in [0.1, 0.15) is 22.3 Å². The minimum absolute atomic E-state index is 0.110. The van der Waals surface area contributed by atoms with Gasteiger partial charge in [0.2, 0.25) is 0 Å². The van der Waals surface area contributed by atoms with Gasteiger partial charge in [-0.15, -0.1) is 11.3 Å². The van der Waals surface area contributed by atoms with Crippen LogP contribution in [0.3, 0.4) is 0 Å². The summed E-state index contributed by atoms with van der Waals surface area (Å²) in [6.45, 7) is 4.26. The maximum Gasteiger partial charge on any atom is 0.263 e. The molecule has 0 aliphatic rings. The fourth-order valence-electron chi connectivity index (χ4n) is 1.56. The van der Waals surface area contributed by atoms with Gasteiger partial charge in [-0.25, -0.2) is 9.37 Å². The summed E-state index contributed by atoms with van der Waals surface area (Å²) in [7, 11) is 0. The van der Waals surface area contributed by atoms with Crippen molar-refractivity contribution in [3.8, 4) is 10.6 Å². The Morgan fingerprint density at radius 3 is 2.67 bits per heavy atom. The highest BCUT2D eigenvalue weighted by Crippen LogP contribution is 2.27. The first-order valence-electron chi connectivity index (χ1n) is 5.63. The third-order valence-corrected chi connectivity index (χ3v) is 3.64. The third kappa shape index (κ3) is 2.56. The molecular formula is C13H13FN2OS. The Morgan fingerprint density at radius 1 is 1.39 bits per heavy atom. The number of benzene rings is 1. The van der Waals surface area contributed by atoms with Crippen molar-refractivity contribution < 1.29 is 9.18 Å². The summed E-state index contributed by atoms with van der Waals surface area (Å²) in [6.07, 6.45) is 0. The number of amides is 1. The molecular weight excluding hydrogens is 251 g/mol. The quantitative estimate of drug-likeness (QED) is 0.926. The number of halogens is 1. The van der Waals surface area contributed by atoms with Gasteiger partial charge in [-0.2, -0.15) is 0 Å². The highest BCUT2D eigenvalue weighted by Gasteiger charge is 2.15. The molecule has 0 unspecified atom stereocenters. The van der Waals surface area contributed by atoms with Gasteiger partial charge in [0.05, 0.1) is 5.69 Å². The molecule has 1 N–H and O–H groups in total. The first-order valence-corrected chi connectivity index (χ1v) is 6.45. The molecule has 0 saturated carbocycles. The van der Waals surface area contributed by atoms with Gasteiger partial charge in [-0.05, 0) is 38.1 Å². The van der Waals surface area contributed by atoms with Crippen LogP contribution in [0.2, 0.25) is 0 Å². The molecule has 1 aromatic carbocycles. The number of nitrogens with one attached hydrogen (secondary N) is 1. The summed E-state index contributed by atoms with van der Waals surface area (Å²) in [4.78, 5) is 16.7. The molecule has 5 heteroatoms. The zero-order chi connectivity index (χ0) is 13.1. The Kier molecular flexibility index (Phi) is 3.72. The zero-order valence-corrected chi connectivity index (χ0v) is 11.0. The van der Waals surface area contributed by atoms with Gasteiger partial charge in [-0.1, -0.05) is 0 Å². The lowest BCUT2D eigenvalue weighted by Gasteiger charge is -1.98. The van der Waals surface area contributed by atoms with E-state index in [9.17, 15) is 9.18 Å². The predicted molar refractivity (Wildman–Crippen MR) is 70.3 cm³/mol. The fraction of sp³-hybridized carbons (Fsp3) is 0.231. The maximum atomic E-state index is 12.8. The highest BCUT2D eigenvalue weighted by molar-refractivity contribution is 7.17. The van der Waals surface area contributed by atoms with E-state index in [1.54, 1.807) is 19.1 Å². The molecule has 1 heterocycles. The molecule has 0 fully saturated rings. The molecule has 0 aliphatic carbocycles. The summed E-state index contributed by atoms with van der Waals surface area (Å²) in [5, 5.41) is 3.48. The predicted octanol–water partition coefficient (Wildman–Crippen LogP) is 3.01. The van der Waals surface area contributed by atoms with Crippen molar-refractivity contribution in [1.82, 2.24) is 10.3 Å². The number of nitrogens with zero attached hydrogens (tertiary/aromatic N) is 1. The van der Waals surface area contributed by atoms with Crippen molar-refractivity contribution in [3.63, 3.8) is 0 Å². The van der Waals surface area contributed by atoms with Crippen molar-refractivity contribution >= 4 is 17.2 Å². The summed E-state index contributed by atoms with van der Waals surface area (Å²) in [5.41, 5.74) is 1.52. The van der Waals surface area contributed by atoms with Crippen LogP contribution in [0, 0.1) is 12.7 Å². The Hall–Kier alpha value is -1.75. The lowest BCUT2D eigenvalue weighted by atomic mass is 10.2. The topological polar surface area (TPSA) is 42.0 Å². The van der Waals surface area contributed by atoms with E-state index in [1.807, 2.05) is 6.92 Å². The minimum Gasteiger partial charge on any atom is -0.352 e. The van der Waals surface area contributed by atoms with Gasteiger partial charge < -0.3 is 5.32 Å². The van der Waals surface area contributed by atoms with E-state index in [-0.39, 0.29) is 11.7 Å². The van der Waals surface area contributed by atoms with Crippen LogP contribution in [-0.4, -0.2) is 17.4 Å². The van der Waals surface area contributed by atoms with Crippen LogP contribution in [0.4, 0.5) is 4.39 Å². The fourth-order valence-corrected chi connectivity index (χ4v) is 2.55. The van der Waals surface area contributed by atoms with Crippen molar-refractivity contribution in [2.24, 2.45) is 0 Å². The second-order valence-electron chi connectivity index (χ2n) is 3.80. The number of carbonyl (C=O) groups excluding carboxylic acids is 1. The van der Waals surface area contributed by atoms with E-state index in [1.165, 1.54) is 23.5 Å². The summed E-state index contributed by atoms with van der Waals surface area (Å²) < 4.78 is 12.8. The number of aryl methyl sites for hydroxylation is 1. The van der Waals surface area contributed by atoms with Crippen LogP contribution >= 0.6 is 11.3 Å². The molecule has 0 bridgehead atoms. The van der Waals surface area contributed by atoms with Gasteiger partial charge in [0.25, 0.3) is 5.91 Å². The van der Waals surface area contributed by atoms with E-state index < -0.39 is 0 Å². The standard InChI is InChI=1S/C13H13FN2OS/c1-3-15-12(17)11-8(2)16-13(18-11)9-4-6-10(14)7-5-9/h4-7H,3H2,1-2H3,(H,15,17). The van der Waals surface area contributed by atoms with Gasteiger partial charge in [-0.3, -0.25) is 4.79 Å². The second kappa shape index (κ2) is 5.27. The SMILES string of the molecule is CCNC(=O)c1sc(-c2ccc(F)cc2)nc1C. The van der Waals surface area contributed by atoms with Gasteiger partial charge in [0.1, 0.15) is 15.7 Å². The summed E-state index contributed by atoms with van der Waals surface area (Å²) in [6, 6.07) is 6.10. The molecule has 1 aromatic heterocycles. The Labute approximate surface area is 109 Å². The molecule has 0 spiro atoms. The molecule has 0 aliphatic heterocycles. The number of carbonyl (C=O) groups is 1. The first kappa shape index (κ1) is 12.7. The van der Waals surface area contributed by atoms with Gasteiger partial charge in [0, 0.05) is 12.1 Å². The molecule has 94 valence electrons. The van der Waals surface area contributed by atoms with E-state index in [0.29, 0.717) is 17.1 Å². The molecule has 0 saturated heterocycles. The Morgan fingerprint density at radius 2 is 2.06 bits per heavy atom. The van der Waals surface area contributed by atoms with Gasteiger partial charge in [0.15, 0.2) is 0 Å². The lowest BCUT2D eigenvalue weighted by molar-refractivity contribution is 0.0959. The molecule has 1 amide bonds. The average molecular weight is 264 g/mol. The molecule has 18 heavy (non-hydrogen) atoms. The summed E-state index contributed by atoms with van der Waals surface area (Å²) in [5.74, 6) is -0.392. The molecule has 2 rings (SSSR count). The number of hydrogen-bond acceptors (Lipinski definition) is 3. The monoisotopic (exact) mass is 264 g/mol. The van der Waals surface area contributed by atoms with E-state index >= 15 is 0 Å². The normalized spacial score (nSPS) is 10.4. The molecule has 0 radical (unpaired) electrons. The number of thiazole rings is 1. The number of aromatic nitrogens is 1. The number of hydrogen-bond donors (Lipinski definition) is 1. The van der Waals surface area contributed by atoms with Crippen molar-refractivity contribution in [1.29, 1.82) is 0 Å². The van der Waals surface area contributed by atoms with E-state index in [4.69, 9.17) is 0 Å². The van der Waals surface area contributed by atoms with E-state index in [0.717, 1.165) is 10.6 Å². The number of rotatable bonds is 3. The Balaban J connectivity index is 2.34. The van der Waals surface area contributed by atoms with Crippen molar-refractivity contribution in [2.75, 3.05) is 6.54 Å². The zero-order valence-electron chi connectivity index (χ0n) is 10.2. The molecule has 2 aromatic rings. The molecule has 0 atom stereocenters. The first-order chi connectivity index (χ1) is 8.61. The second-order valence-corrected chi connectivity index (χ2v) is 4.80. The third-order valence-electron chi connectivity index (χ3n) is 2.43. The van der Waals surface area contributed by atoms with E-state index in [2.05, 4.69) is 10.3 Å². The van der Waals surface area contributed by atoms with Gasteiger partial charge >= 0.3 is 0 Å². The van der Waals surface area contributed by atoms with Crippen LogP contribution in [0.25, 0.3) is 10.6 Å². The Bertz CT molecular complexity index is 563. The average Bonchev–Trinajstić information content (AvgIpc) is 2.72. The van der Waals surface area contributed by atoms with Crippen molar-refractivity contribution in [3.05, 3.63) is 40.7 Å². The largest absolute Gasteiger partial charge is 0.352 e.